The molecule has 4 rings (SSSR count). The second-order valence-corrected chi connectivity index (χ2v) is 9.51. The SMILES string of the molecule is COc1ccc(S(=O)(=O)N2CCN(C(=O)c3cccc(N4CCCC4=O)c3)CC2)cc1. The highest BCUT2D eigenvalue weighted by Gasteiger charge is 2.31. The first-order chi connectivity index (χ1) is 14.9. The third kappa shape index (κ3) is 4.28. The van der Waals surface area contributed by atoms with Crippen LogP contribution in [0.25, 0.3) is 0 Å². The Morgan fingerprint density at radius 3 is 2.29 bits per heavy atom. The van der Waals surface area contributed by atoms with Gasteiger partial charge in [-0.15, -0.1) is 0 Å². The first-order valence-electron chi connectivity index (χ1n) is 10.2. The van der Waals surface area contributed by atoms with Crippen molar-refractivity contribution in [3.63, 3.8) is 0 Å². The zero-order valence-corrected chi connectivity index (χ0v) is 18.2. The van der Waals surface area contributed by atoms with E-state index in [4.69, 9.17) is 4.74 Å². The Morgan fingerprint density at radius 1 is 0.968 bits per heavy atom. The van der Waals surface area contributed by atoms with Gasteiger partial charge in [0.05, 0.1) is 12.0 Å². The number of carbonyl (C=O) groups is 2. The van der Waals surface area contributed by atoms with Crippen molar-refractivity contribution in [1.29, 1.82) is 0 Å². The van der Waals surface area contributed by atoms with Crippen LogP contribution in [0.15, 0.2) is 53.4 Å². The highest BCUT2D eigenvalue weighted by molar-refractivity contribution is 7.89. The predicted molar refractivity (Wildman–Crippen MR) is 116 cm³/mol. The minimum Gasteiger partial charge on any atom is -0.497 e. The van der Waals surface area contributed by atoms with E-state index in [1.807, 2.05) is 6.07 Å². The number of amides is 2. The van der Waals surface area contributed by atoms with Gasteiger partial charge in [-0.2, -0.15) is 4.31 Å². The molecule has 0 aromatic heterocycles. The van der Waals surface area contributed by atoms with E-state index in [9.17, 15) is 18.0 Å². The molecule has 2 fully saturated rings. The molecule has 0 spiro atoms. The summed E-state index contributed by atoms with van der Waals surface area (Å²) in [7, 11) is -2.10. The lowest BCUT2D eigenvalue weighted by Gasteiger charge is -2.34. The molecule has 0 saturated carbocycles. The highest BCUT2D eigenvalue weighted by Crippen LogP contribution is 2.24. The maximum atomic E-state index is 13.0. The average Bonchev–Trinajstić information content (AvgIpc) is 3.24. The lowest BCUT2D eigenvalue weighted by atomic mass is 10.1. The number of piperazine rings is 1. The largest absolute Gasteiger partial charge is 0.497 e. The van der Waals surface area contributed by atoms with Gasteiger partial charge in [-0.1, -0.05) is 6.07 Å². The summed E-state index contributed by atoms with van der Waals surface area (Å²) in [4.78, 5) is 28.6. The fourth-order valence-corrected chi connectivity index (χ4v) is 5.36. The minimum absolute atomic E-state index is 0.0713. The predicted octanol–water partition coefficient (Wildman–Crippen LogP) is 1.97. The molecule has 2 amide bonds. The normalized spacial score (nSPS) is 17.8. The maximum Gasteiger partial charge on any atom is 0.254 e. The fourth-order valence-electron chi connectivity index (χ4n) is 3.94. The second kappa shape index (κ2) is 8.68. The summed E-state index contributed by atoms with van der Waals surface area (Å²) in [6, 6.07) is 13.4. The summed E-state index contributed by atoms with van der Waals surface area (Å²) >= 11 is 0. The number of anilines is 1. The van der Waals surface area contributed by atoms with Gasteiger partial charge >= 0.3 is 0 Å². The van der Waals surface area contributed by atoms with Crippen molar-refractivity contribution < 1.29 is 22.7 Å². The first-order valence-corrected chi connectivity index (χ1v) is 11.7. The van der Waals surface area contributed by atoms with Gasteiger partial charge < -0.3 is 14.5 Å². The molecule has 2 aliphatic heterocycles. The highest BCUT2D eigenvalue weighted by atomic mass is 32.2. The molecule has 0 bridgehead atoms. The van der Waals surface area contributed by atoms with E-state index < -0.39 is 10.0 Å². The summed E-state index contributed by atoms with van der Waals surface area (Å²) in [6.45, 7) is 1.73. The van der Waals surface area contributed by atoms with E-state index in [2.05, 4.69) is 0 Å². The lowest BCUT2D eigenvalue weighted by Crippen LogP contribution is -2.50. The van der Waals surface area contributed by atoms with Crippen LogP contribution in [-0.2, 0) is 14.8 Å². The maximum absolute atomic E-state index is 13.0. The second-order valence-electron chi connectivity index (χ2n) is 7.57. The van der Waals surface area contributed by atoms with E-state index in [0.29, 0.717) is 37.4 Å². The van der Waals surface area contributed by atoms with E-state index in [-0.39, 0.29) is 29.8 Å². The Hall–Kier alpha value is -2.91. The van der Waals surface area contributed by atoms with Gasteiger partial charge in [0.15, 0.2) is 0 Å². The standard InChI is InChI=1S/C22H25N3O5S/c1-30-19-7-9-20(10-8-19)31(28,29)24-14-12-23(13-15-24)22(27)17-4-2-5-18(16-17)25-11-3-6-21(25)26/h2,4-5,7-10,16H,3,6,11-15H2,1H3. The van der Waals surface area contributed by atoms with Gasteiger partial charge in [0.25, 0.3) is 5.91 Å². The molecule has 0 N–H and O–H groups in total. The lowest BCUT2D eigenvalue weighted by molar-refractivity contribution is -0.117. The average molecular weight is 444 g/mol. The molecule has 2 saturated heterocycles. The zero-order chi connectivity index (χ0) is 22.0. The van der Waals surface area contributed by atoms with Crippen molar-refractivity contribution in [3.05, 3.63) is 54.1 Å². The zero-order valence-electron chi connectivity index (χ0n) is 17.4. The van der Waals surface area contributed by atoms with E-state index >= 15 is 0 Å². The number of carbonyl (C=O) groups excluding carboxylic acids is 2. The Kier molecular flexibility index (Phi) is 5.97. The molecule has 8 nitrogen and oxygen atoms in total. The van der Waals surface area contributed by atoms with Gasteiger partial charge in [0, 0.05) is 50.4 Å². The Balaban J connectivity index is 1.42. The molecule has 0 aliphatic carbocycles. The van der Waals surface area contributed by atoms with Crippen molar-refractivity contribution in [3.8, 4) is 5.75 Å². The number of ether oxygens (including phenoxy) is 1. The smallest absolute Gasteiger partial charge is 0.254 e. The van der Waals surface area contributed by atoms with Crippen LogP contribution < -0.4 is 9.64 Å². The molecule has 0 radical (unpaired) electrons. The van der Waals surface area contributed by atoms with Crippen LogP contribution in [0.3, 0.4) is 0 Å². The van der Waals surface area contributed by atoms with E-state index in [1.54, 1.807) is 40.1 Å². The van der Waals surface area contributed by atoms with Crippen molar-refractivity contribution in [2.24, 2.45) is 0 Å². The molecule has 2 heterocycles. The third-order valence-corrected chi connectivity index (χ3v) is 7.61. The van der Waals surface area contributed by atoms with Gasteiger partial charge in [-0.3, -0.25) is 9.59 Å². The van der Waals surface area contributed by atoms with E-state index in [1.165, 1.54) is 23.5 Å². The Labute approximate surface area is 182 Å². The van der Waals surface area contributed by atoms with Crippen molar-refractivity contribution in [1.82, 2.24) is 9.21 Å². The first kappa shape index (κ1) is 21.3. The quantitative estimate of drug-likeness (QED) is 0.705. The topological polar surface area (TPSA) is 87.2 Å². The van der Waals surface area contributed by atoms with Crippen LogP contribution in [0.5, 0.6) is 5.75 Å². The van der Waals surface area contributed by atoms with Crippen LogP contribution >= 0.6 is 0 Å². The fraction of sp³-hybridized carbons (Fsp3) is 0.364. The molecule has 2 aromatic rings. The monoisotopic (exact) mass is 443 g/mol. The Bertz CT molecular complexity index is 1080. The van der Waals surface area contributed by atoms with Crippen LogP contribution in [0.1, 0.15) is 23.2 Å². The molecular weight excluding hydrogens is 418 g/mol. The van der Waals surface area contributed by atoms with Gasteiger partial charge in [0.1, 0.15) is 5.75 Å². The summed E-state index contributed by atoms with van der Waals surface area (Å²) in [5.41, 5.74) is 1.23. The van der Waals surface area contributed by atoms with Gasteiger partial charge in [0.2, 0.25) is 15.9 Å². The summed E-state index contributed by atoms with van der Waals surface area (Å²) in [5, 5.41) is 0. The van der Waals surface area contributed by atoms with Crippen LogP contribution in [0, 0.1) is 0 Å². The molecule has 31 heavy (non-hydrogen) atoms. The number of rotatable bonds is 5. The Morgan fingerprint density at radius 2 is 1.68 bits per heavy atom. The third-order valence-electron chi connectivity index (χ3n) is 5.70. The molecular formula is C22H25N3O5S. The summed E-state index contributed by atoms with van der Waals surface area (Å²) in [6.07, 6.45) is 1.35. The molecule has 2 aromatic carbocycles. The van der Waals surface area contributed by atoms with Crippen LogP contribution in [-0.4, -0.2) is 69.3 Å². The minimum atomic E-state index is -3.63. The van der Waals surface area contributed by atoms with Crippen LogP contribution in [0.4, 0.5) is 5.69 Å². The van der Waals surface area contributed by atoms with Crippen molar-refractivity contribution >= 4 is 27.5 Å². The number of methoxy groups -OCH3 is 1. The van der Waals surface area contributed by atoms with Gasteiger partial charge in [-0.05, 0) is 48.9 Å². The van der Waals surface area contributed by atoms with Crippen LogP contribution in [0.2, 0.25) is 0 Å². The number of benzene rings is 2. The number of hydrogen-bond donors (Lipinski definition) is 0. The van der Waals surface area contributed by atoms with Gasteiger partial charge in [-0.25, -0.2) is 8.42 Å². The summed E-state index contributed by atoms with van der Waals surface area (Å²) in [5.74, 6) is 0.504. The number of nitrogens with zero attached hydrogens (tertiary/aromatic N) is 3. The summed E-state index contributed by atoms with van der Waals surface area (Å²) < 4.78 is 32.3. The van der Waals surface area contributed by atoms with Crippen molar-refractivity contribution in [2.75, 3.05) is 44.7 Å². The van der Waals surface area contributed by atoms with Crippen molar-refractivity contribution in [2.45, 2.75) is 17.7 Å². The van der Waals surface area contributed by atoms with E-state index in [0.717, 1.165) is 12.1 Å². The number of hydrogen-bond acceptors (Lipinski definition) is 5. The molecule has 0 unspecified atom stereocenters. The molecule has 164 valence electrons. The number of sulfonamides is 1. The molecule has 9 heteroatoms. The molecule has 0 atom stereocenters. The molecule has 2 aliphatic rings.